The van der Waals surface area contributed by atoms with Crippen LogP contribution in [0.3, 0.4) is 0 Å². The maximum absolute atomic E-state index is 12.4. The molecule has 30 heavy (non-hydrogen) atoms. The number of hydrogen-bond acceptors (Lipinski definition) is 4. The first-order chi connectivity index (χ1) is 14.6. The van der Waals surface area contributed by atoms with E-state index < -0.39 is 0 Å². The number of amides is 2. The summed E-state index contributed by atoms with van der Waals surface area (Å²) in [5.41, 5.74) is 2.35. The van der Waals surface area contributed by atoms with Crippen LogP contribution in [-0.4, -0.2) is 47.7 Å². The van der Waals surface area contributed by atoms with Gasteiger partial charge in [0.25, 0.3) is 11.8 Å². The summed E-state index contributed by atoms with van der Waals surface area (Å²) < 4.78 is 8.32. The van der Waals surface area contributed by atoms with Gasteiger partial charge < -0.3 is 4.74 Å². The van der Waals surface area contributed by atoms with Gasteiger partial charge in [0.2, 0.25) is 0 Å². The predicted molar refractivity (Wildman–Crippen MR) is 133 cm³/mol. The maximum atomic E-state index is 12.4. The molecule has 1 aliphatic rings. The lowest BCUT2D eigenvalue weighted by molar-refractivity contribution is 0.0642. The Kier molecular flexibility index (Phi) is 9.79. The van der Waals surface area contributed by atoms with Crippen molar-refractivity contribution in [3.63, 3.8) is 0 Å². The van der Waals surface area contributed by atoms with Crippen molar-refractivity contribution < 1.29 is 14.3 Å². The van der Waals surface area contributed by atoms with Crippen LogP contribution < -0.4 is 0 Å². The highest BCUT2D eigenvalue weighted by Gasteiger charge is 2.34. The topological polar surface area (TPSA) is 49.9 Å². The van der Waals surface area contributed by atoms with Gasteiger partial charge in [-0.15, -0.1) is 8.93 Å². The average Bonchev–Trinajstić information content (AvgIpc) is 3.02. The van der Waals surface area contributed by atoms with Crippen LogP contribution in [-0.2, 0) is 11.3 Å². The zero-order valence-electron chi connectivity index (χ0n) is 16.9. The van der Waals surface area contributed by atoms with Crippen LogP contribution in [0.4, 0.5) is 0 Å². The molecule has 9 heteroatoms. The largest absolute Gasteiger partial charge is 0.380 e. The Morgan fingerprint density at radius 2 is 1.57 bits per heavy atom. The number of unbranched alkanes of at least 4 members (excludes halogenated alkanes) is 1. The molecule has 0 saturated carbocycles. The number of carbonyl (C=O) groups excluding carboxylic acids is 2. The van der Waals surface area contributed by atoms with Gasteiger partial charge in [-0.25, -0.2) is 0 Å². The molecule has 1 heterocycles. The Bertz CT molecular complexity index is 818. The second kappa shape index (κ2) is 12.3. The first kappa shape index (κ1) is 23.9. The lowest BCUT2D eigenvalue weighted by Crippen LogP contribution is -2.30. The van der Waals surface area contributed by atoms with E-state index in [1.54, 1.807) is 24.3 Å². The Morgan fingerprint density at radius 3 is 2.20 bits per heavy atom. The molecule has 0 N–H and O–H groups in total. The molecule has 2 aromatic rings. The zero-order chi connectivity index (χ0) is 21.3. The molecule has 0 saturated heterocycles. The lowest BCUT2D eigenvalue weighted by atomic mass is 10.1. The van der Waals surface area contributed by atoms with E-state index in [1.165, 1.54) is 10.5 Å². The average molecular weight is 480 g/mol. The van der Waals surface area contributed by atoms with Gasteiger partial charge in [-0.2, -0.15) is 0 Å². The third-order valence-electron chi connectivity index (χ3n) is 4.94. The van der Waals surface area contributed by atoms with E-state index in [1.807, 2.05) is 6.07 Å². The monoisotopic (exact) mass is 480 g/mol. The van der Waals surface area contributed by atoms with Crippen LogP contribution in [0.25, 0.3) is 0 Å². The lowest BCUT2D eigenvalue weighted by Gasteiger charge is -2.27. The Balaban J connectivity index is 1.35. The van der Waals surface area contributed by atoms with Crippen LogP contribution in [0.2, 0.25) is 0 Å². The molecule has 2 amide bonds. The summed E-state index contributed by atoms with van der Waals surface area (Å²) in [5, 5.41) is 0. The van der Waals surface area contributed by atoms with Crippen molar-refractivity contribution in [2.24, 2.45) is 0 Å². The fourth-order valence-corrected chi connectivity index (χ4v) is 7.17. The number of nitrogens with zero attached hydrogens (tertiary/aromatic N) is 2. The zero-order valence-corrected chi connectivity index (χ0v) is 21.1. The molecular weight excluding hydrogens is 452 g/mol. The summed E-state index contributed by atoms with van der Waals surface area (Å²) in [7, 11) is 6.39. The number of hydrogen-bond donors (Lipinski definition) is 0. The summed E-state index contributed by atoms with van der Waals surface area (Å²) in [4.78, 5) is 26.1. The van der Waals surface area contributed by atoms with Gasteiger partial charge in [0.1, 0.15) is 0 Å². The molecular formula is C21H28N2O3P4. The normalized spacial score (nSPS) is 14.8. The van der Waals surface area contributed by atoms with Gasteiger partial charge in [0.05, 0.1) is 17.7 Å². The number of carbonyl (C=O) groups is 2. The molecule has 5 nitrogen and oxygen atoms in total. The molecule has 0 aromatic heterocycles. The number of fused-ring (bicyclic) bond motifs is 1. The van der Waals surface area contributed by atoms with Gasteiger partial charge in [-0.05, 0) is 30.5 Å². The van der Waals surface area contributed by atoms with Gasteiger partial charge in [-0.1, -0.05) is 59.4 Å². The Morgan fingerprint density at radius 1 is 0.933 bits per heavy atom. The fraction of sp³-hybridized carbons (Fsp3) is 0.333. The summed E-state index contributed by atoms with van der Waals surface area (Å²) in [6.45, 7) is 3.59. The van der Waals surface area contributed by atoms with Crippen molar-refractivity contribution in [2.75, 3.05) is 26.3 Å². The molecule has 0 bridgehead atoms. The van der Waals surface area contributed by atoms with Crippen LogP contribution in [0.5, 0.6) is 0 Å². The SMILES string of the molecule is O=C1c2ccccc2C(=O)N1CCCCOCCN(Cc1ccccc1)P(P)PP. The van der Waals surface area contributed by atoms with Crippen LogP contribution in [0.15, 0.2) is 54.6 Å². The van der Waals surface area contributed by atoms with E-state index in [0.717, 1.165) is 33.9 Å². The number of imide groups is 1. The summed E-state index contributed by atoms with van der Waals surface area (Å²) in [6, 6.07) is 17.5. The van der Waals surface area contributed by atoms with E-state index >= 15 is 0 Å². The Hall–Kier alpha value is -0.780. The molecule has 3 rings (SSSR count). The standard InChI is InChI=1S/C21H28N2O3P4/c24-20-18-10-4-5-11-19(18)21(25)23(20)12-6-7-14-26-15-13-22(30(28)29-27)16-17-8-2-1-3-9-17/h1-5,8-11,29H,6-7,12-16,27-28H2. The minimum absolute atomic E-state index is 0.180. The first-order valence-corrected chi connectivity index (χ1v) is 16.5. The molecule has 4 atom stereocenters. The van der Waals surface area contributed by atoms with Crippen LogP contribution >= 0.6 is 33.3 Å². The second-order valence-electron chi connectivity index (χ2n) is 6.97. The van der Waals surface area contributed by atoms with Crippen LogP contribution in [0, 0.1) is 0 Å². The van der Waals surface area contributed by atoms with Gasteiger partial charge in [0, 0.05) is 33.7 Å². The first-order valence-electron chi connectivity index (χ1n) is 9.94. The minimum Gasteiger partial charge on any atom is -0.380 e. The fourth-order valence-electron chi connectivity index (χ4n) is 3.33. The smallest absolute Gasteiger partial charge is 0.261 e. The van der Waals surface area contributed by atoms with Gasteiger partial charge in [0.15, 0.2) is 0 Å². The summed E-state index contributed by atoms with van der Waals surface area (Å²) in [5.74, 6) is -0.361. The summed E-state index contributed by atoms with van der Waals surface area (Å²) in [6.07, 6.45) is 1.58. The maximum Gasteiger partial charge on any atom is 0.261 e. The van der Waals surface area contributed by atoms with Crippen molar-refractivity contribution in [3.05, 3.63) is 71.3 Å². The highest BCUT2D eigenvalue weighted by atomic mass is 32.6. The van der Waals surface area contributed by atoms with Crippen molar-refractivity contribution in [1.82, 2.24) is 9.57 Å². The minimum atomic E-state index is -0.253. The third-order valence-corrected chi connectivity index (χ3v) is 15.2. The highest BCUT2D eigenvalue weighted by molar-refractivity contribution is 8.60. The molecule has 4 unspecified atom stereocenters. The summed E-state index contributed by atoms with van der Waals surface area (Å²) >= 11 is 0. The van der Waals surface area contributed by atoms with E-state index in [2.05, 4.69) is 46.8 Å². The van der Waals surface area contributed by atoms with E-state index in [0.29, 0.717) is 30.9 Å². The number of ether oxygens (including phenoxy) is 1. The molecule has 0 spiro atoms. The Labute approximate surface area is 186 Å². The van der Waals surface area contributed by atoms with Crippen LogP contribution in [0.1, 0.15) is 39.1 Å². The number of benzene rings is 2. The van der Waals surface area contributed by atoms with Crippen molar-refractivity contribution in [1.29, 1.82) is 0 Å². The van der Waals surface area contributed by atoms with Gasteiger partial charge >= 0.3 is 0 Å². The molecule has 0 radical (unpaired) electrons. The number of rotatable bonds is 12. The molecule has 0 aliphatic carbocycles. The quantitative estimate of drug-likeness (QED) is 0.240. The molecule has 1 aliphatic heterocycles. The van der Waals surface area contributed by atoms with Crippen molar-refractivity contribution in [2.45, 2.75) is 19.4 Å². The van der Waals surface area contributed by atoms with E-state index in [-0.39, 0.29) is 19.3 Å². The third kappa shape index (κ3) is 6.37. The van der Waals surface area contributed by atoms with Crippen molar-refractivity contribution >= 4 is 45.1 Å². The molecule has 160 valence electrons. The van der Waals surface area contributed by atoms with Gasteiger partial charge in [-0.3, -0.25) is 19.2 Å². The molecule has 0 fully saturated rings. The molecule has 2 aromatic carbocycles. The second-order valence-corrected chi connectivity index (χ2v) is 16.0. The van der Waals surface area contributed by atoms with E-state index in [4.69, 9.17) is 4.74 Å². The van der Waals surface area contributed by atoms with Crippen molar-refractivity contribution in [3.8, 4) is 0 Å². The highest BCUT2D eigenvalue weighted by Crippen LogP contribution is 2.68. The van der Waals surface area contributed by atoms with E-state index in [9.17, 15) is 9.59 Å². The predicted octanol–water partition coefficient (Wildman–Crippen LogP) is 5.15.